The molecule has 0 aromatic rings. The zero-order valence-electron chi connectivity index (χ0n) is 18.0. The second kappa shape index (κ2) is 7.61. The zero-order chi connectivity index (χ0) is 21.7. The average molecular weight is 427 g/mol. The van der Waals surface area contributed by atoms with Crippen LogP contribution >= 0.6 is 11.8 Å². The highest BCUT2D eigenvalue weighted by Gasteiger charge is 2.53. The number of carbonyl (C=O) groups excluding carboxylic acids is 2. The number of nitrogens with one attached hydrogen (secondary N) is 2. The first-order valence-corrected chi connectivity index (χ1v) is 11.9. The molecule has 1 heterocycles. The van der Waals surface area contributed by atoms with Crippen molar-refractivity contribution in [2.24, 2.45) is 34.5 Å². The first kappa shape index (κ1) is 21.2. The van der Waals surface area contributed by atoms with Crippen molar-refractivity contribution in [3.8, 4) is 12.1 Å². The van der Waals surface area contributed by atoms with Crippen LogP contribution in [0, 0.1) is 57.2 Å². The fourth-order valence-electron chi connectivity index (χ4n) is 6.82. The van der Waals surface area contributed by atoms with E-state index in [0.29, 0.717) is 10.6 Å². The van der Waals surface area contributed by atoms with Crippen LogP contribution < -0.4 is 10.6 Å². The molecule has 4 fully saturated rings. The number of nitriles is 2. The van der Waals surface area contributed by atoms with E-state index in [-0.39, 0.29) is 23.1 Å². The molecule has 6 nitrogen and oxygen atoms in total. The van der Waals surface area contributed by atoms with Crippen molar-refractivity contribution >= 4 is 23.6 Å². The minimum Gasteiger partial charge on any atom is -0.352 e. The van der Waals surface area contributed by atoms with Gasteiger partial charge in [0.1, 0.15) is 5.92 Å². The van der Waals surface area contributed by atoms with Crippen molar-refractivity contribution in [3.63, 3.8) is 0 Å². The standard InChI is InChI=1S/C23H30N4O2S/c1-13(23-7-14-4-15(8-23)6-16(5-14)9-23)26-19(28)12-30-21-18(11-25)22(2,3)17(10-24)20(29)27-21/h13-17H,4-9,12H2,1-3H3,(H,26,28)(H,27,29)/t13-,14?,15?,16?,17-,23?/m0/s1. The lowest BCUT2D eigenvalue weighted by molar-refractivity contribution is -0.125. The van der Waals surface area contributed by atoms with E-state index in [0.717, 1.165) is 17.8 Å². The number of rotatable bonds is 5. The fourth-order valence-corrected chi connectivity index (χ4v) is 7.80. The van der Waals surface area contributed by atoms with E-state index >= 15 is 0 Å². The number of amides is 2. The molecule has 5 aliphatic rings. The number of hydrogen-bond donors (Lipinski definition) is 2. The van der Waals surface area contributed by atoms with E-state index < -0.39 is 17.2 Å². The molecule has 2 N–H and O–H groups in total. The highest BCUT2D eigenvalue weighted by molar-refractivity contribution is 8.03. The van der Waals surface area contributed by atoms with Gasteiger partial charge in [-0.3, -0.25) is 9.59 Å². The van der Waals surface area contributed by atoms with E-state index in [4.69, 9.17) is 0 Å². The zero-order valence-corrected chi connectivity index (χ0v) is 18.8. The molecule has 2 atom stereocenters. The maximum Gasteiger partial charge on any atom is 0.243 e. The Morgan fingerprint density at radius 3 is 2.27 bits per heavy atom. The summed E-state index contributed by atoms with van der Waals surface area (Å²) >= 11 is 1.18. The van der Waals surface area contributed by atoms with Crippen LogP contribution in [0.25, 0.3) is 0 Å². The van der Waals surface area contributed by atoms with Crippen LogP contribution in [-0.2, 0) is 9.59 Å². The predicted octanol–water partition coefficient (Wildman–Crippen LogP) is 3.47. The predicted molar refractivity (Wildman–Crippen MR) is 114 cm³/mol. The van der Waals surface area contributed by atoms with Gasteiger partial charge >= 0.3 is 0 Å². The van der Waals surface area contributed by atoms with Crippen LogP contribution in [0.15, 0.2) is 10.6 Å². The van der Waals surface area contributed by atoms with Gasteiger partial charge in [0.15, 0.2) is 0 Å². The maximum atomic E-state index is 12.7. The summed E-state index contributed by atoms with van der Waals surface area (Å²) in [5.74, 6) is 1.25. The average Bonchev–Trinajstić information content (AvgIpc) is 2.64. The highest BCUT2D eigenvalue weighted by atomic mass is 32.2. The Kier molecular flexibility index (Phi) is 5.39. The van der Waals surface area contributed by atoms with Crippen molar-refractivity contribution < 1.29 is 9.59 Å². The molecule has 7 heteroatoms. The van der Waals surface area contributed by atoms with E-state index in [1.807, 2.05) is 6.07 Å². The van der Waals surface area contributed by atoms with Gasteiger partial charge in [-0.2, -0.15) is 10.5 Å². The summed E-state index contributed by atoms with van der Waals surface area (Å²) in [4.78, 5) is 25.0. The minimum absolute atomic E-state index is 0.0671. The summed E-state index contributed by atoms with van der Waals surface area (Å²) in [5.41, 5.74) is -0.273. The van der Waals surface area contributed by atoms with Crippen molar-refractivity contribution in [1.29, 1.82) is 10.5 Å². The Morgan fingerprint density at radius 2 is 1.77 bits per heavy atom. The van der Waals surface area contributed by atoms with Crippen molar-refractivity contribution in [2.75, 3.05) is 5.75 Å². The molecule has 0 radical (unpaired) electrons. The van der Waals surface area contributed by atoms with Crippen LogP contribution in [0.1, 0.15) is 59.3 Å². The lowest BCUT2D eigenvalue weighted by Gasteiger charge is -2.59. The van der Waals surface area contributed by atoms with Gasteiger partial charge in [0, 0.05) is 11.5 Å². The van der Waals surface area contributed by atoms with Gasteiger partial charge in [0.25, 0.3) is 0 Å². The van der Waals surface area contributed by atoms with Gasteiger partial charge in [0.2, 0.25) is 11.8 Å². The monoisotopic (exact) mass is 426 g/mol. The van der Waals surface area contributed by atoms with Crippen molar-refractivity contribution in [2.45, 2.75) is 65.3 Å². The third-order valence-electron chi connectivity index (χ3n) is 8.06. The van der Waals surface area contributed by atoms with Gasteiger partial charge < -0.3 is 10.6 Å². The highest BCUT2D eigenvalue weighted by Crippen LogP contribution is 2.61. The molecule has 4 bridgehead atoms. The largest absolute Gasteiger partial charge is 0.352 e. The maximum absolute atomic E-state index is 12.7. The van der Waals surface area contributed by atoms with Gasteiger partial charge in [-0.05, 0) is 68.6 Å². The second-order valence-electron chi connectivity index (χ2n) is 10.4. The van der Waals surface area contributed by atoms with Crippen molar-refractivity contribution in [3.05, 3.63) is 10.6 Å². The summed E-state index contributed by atoms with van der Waals surface area (Å²) in [7, 11) is 0. The Morgan fingerprint density at radius 1 is 1.20 bits per heavy atom. The molecule has 30 heavy (non-hydrogen) atoms. The van der Waals surface area contributed by atoms with E-state index in [9.17, 15) is 20.1 Å². The lowest BCUT2D eigenvalue weighted by Crippen LogP contribution is -2.56. The molecule has 0 saturated heterocycles. The van der Waals surface area contributed by atoms with Gasteiger partial charge in [-0.15, -0.1) is 0 Å². The third-order valence-corrected chi connectivity index (χ3v) is 9.06. The first-order valence-electron chi connectivity index (χ1n) is 11.0. The van der Waals surface area contributed by atoms with Crippen LogP contribution in [-0.4, -0.2) is 23.6 Å². The molecule has 0 unspecified atom stereocenters. The lowest BCUT2D eigenvalue weighted by atomic mass is 9.48. The normalized spacial score (nSPS) is 37.2. The quantitative estimate of drug-likeness (QED) is 0.700. The fraction of sp³-hybridized carbons (Fsp3) is 0.739. The van der Waals surface area contributed by atoms with Gasteiger partial charge in [-0.1, -0.05) is 25.6 Å². The summed E-state index contributed by atoms with van der Waals surface area (Å²) in [6.07, 6.45) is 7.82. The molecule has 5 rings (SSSR count). The summed E-state index contributed by atoms with van der Waals surface area (Å²) < 4.78 is 0. The Bertz CT molecular complexity index is 843. The summed E-state index contributed by atoms with van der Waals surface area (Å²) in [6.45, 7) is 5.61. The topological polar surface area (TPSA) is 106 Å². The summed E-state index contributed by atoms with van der Waals surface area (Å²) in [5, 5.41) is 25.2. The molecule has 4 aliphatic carbocycles. The SMILES string of the molecule is C[C@H](NC(=O)CSC1=C(C#N)C(C)(C)[C@@H](C#N)C(=O)N1)C12CC3CC(CC(C3)C1)C2. The van der Waals surface area contributed by atoms with Crippen LogP contribution in [0.5, 0.6) is 0 Å². The molecule has 4 saturated carbocycles. The molecule has 160 valence electrons. The first-order chi connectivity index (χ1) is 14.2. The van der Waals surface area contributed by atoms with Gasteiger partial charge in [-0.25, -0.2) is 0 Å². The molecule has 0 aromatic heterocycles. The van der Waals surface area contributed by atoms with Crippen LogP contribution in [0.3, 0.4) is 0 Å². The molecule has 1 aliphatic heterocycles. The second-order valence-corrected chi connectivity index (χ2v) is 11.4. The number of nitrogens with zero attached hydrogens (tertiary/aromatic N) is 2. The number of allylic oxidation sites excluding steroid dienone is 1. The third kappa shape index (κ3) is 3.52. The van der Waals surface area contributed by atoms with Crippen LogP contribution in [0.4, 0.5) is 0 Å². The Hall–Kier alpha value is -1.99. The molecular weight excluding hydrogens is 396 g/mol. The molecular formula is C23H30N4O2S. The number of carbonyl (C=O) groups is 2. The Balaban J connectivity index is 1.40. The van der Waals surface area contributed by atoms with E-state index in [1.165, 1.54) is 50.3 Å². The number of hydrogen-bond acceptors (Lipinski definition) is 5. The van der Waals surface area contributed by atoms with Crippen molar-refractivity contribution in [1.82, 2.24) is 10.6 Å². The number of thioether (sulfide) groups is 1. The molecule has 2 amide bonds. The molecule has 0 aromatic carbocycles. The molecule has 0 spiro atoms. The van der Waals surface area contributed by atoms with E-state index in [1.54, 1.807) is 13.8 Å². The Labute approximate surface area is 182 Å². The minimum atomic E-state index is -0.915. The smallest absolute Gasteiger partial charge is 0.243 e. The van der Waals surface area contributed by atoms with E-state index in [2.05, 4.69) is 23.6 Å². The summed E-state index contributed by atoms with van der Waals surface area (Å²) in [6, 6.07) is 4.28. The van der Waals surface area contributed by atoms with Crippen LogP contribution in [0.2, 0.25) is 0 Å². The van der Waals surface area contributed by atoms with Gasteiger partial charge in [0.05, 0.1) is 28.5 Å².